The van der Waals surface area contributed by atoms with Crippen molar-refractivity contribution in [1.82, 2.24) is 15.6 Å². The number of amides is 2. The number of carbonyl (C=O) groups excluding carboxylic acids is 2. The first kappa shape index (κ1) is 23.3. The Kier molecular flexibility index (Phi) is 5.98. The summed E-state index contributed by atoms with van der Waals surface area (Å²) in [5.41, 5.74) is -1.33. The third kappa shape index (κ3) is 4.90. The molecule has 1 aromatic carbocycles. The summed E-state index contributed by atoms with van der Waals surface area (Å²) in [5.74, 6) is -0.968. The van der Waals surface area contributed by atoms with E-state index in [1.165, 1.54) is 18.2 Å². The van der Waals surface area contributed by atoms with Crippen molar-refractivity contribution >= 4 is 23.4 Å². The fourth-order valence-corrected chi connectivity index (χ4v) is 4.56. The van der Waals surface area contributed by atoms with Gasteiger partial charge in [0.15, 0.2) is 6.61 Å². The van der Waals surface area contributed by atoms with Crippen molar-refractivity contribution in [2.45, 2.75) is 37.4 Å². The molecule has 3 fully saturated rings. The van der Waals surface area contributed by atoms with E-state index in [1.807, 2.05) is 0 Å². The van der Waals surface area contributed by atoms with E-state index in [9.17, 15) is 27.2 Å². The molecule has 0 radical (unpaired) electrons. The number of alkyl halides is 3. The summed E-state index contributed by atoms with van der Waals surface area (Å²) in [6.45, 7) is -0.0358. The topological polar surface area (TPSA) is 80.3 Å². The van der Waals surface area contributed by atoms with Gasteiger partial charge >= 0.3 is 6.18 Å². The smallest absolute Gasteiger partial charge is 0.417 e. The minimum Gasteiger partial charge on any atom is -0.484 e. The number of aromatic nitrogens is 1. The van der Waals surface area contributed by atoms with Gasteiger partial charge in [-0.3, -0.25) is 14.6 Å². The third-order valence-corrected chi connectivity index (χ3v) is 6.30. The summed E-state index contributed by atoms with van der Waals surface area (Å²) in [6.07, 6.45) is -1.83. The van der Waals surface area contributed by atoms with Gasteiger partial charge < -0.3 is 15.4 Å². The molecule has 1 heterocycles. The van der Waals surface area contributed by atoms with Gasteiger partial charge in [-0.1, -0.05) is 11.6 Å². The van der Waals surface area contributed by atoms with Crippen LogP contribution < -0.4 is 15.4 Å². The highest BCUT2D eigenvalue weighted by Gasteiger charge is 2.72. The first-order chi connectivity index (χ1) is 15.5. The van der Waals surface area contributed by atoms with Gasteiger partial charge in [-0.05, 0) is 43.5 Å². The van der Waals surface area contributed by atoms with Gasteiger partial charge in [-0.15, -0.1) is 0 Å². The molecule has 0 atom stereocenters. The Morgan fingerprint density at radius 1 is 1.15 bits per heavy atom. The van der Waals surface area contributed by atoms with Crippen LogP contribution in [-0.4, -0.2) is 35.5 Å². The zero-order valence-electron chi connectivity index (χ0n) is 17.3. The Morgan fingerprint density at radius 2 is 1.88 bits per heavy atom. The number of rotatable bonds is 8. The van der Waals surface area contributed by atoms with E-state index in [0.29, 0.717) is 31.4 Å². The number of hydrogen-bond acceptors (Lipinski definition) is 4. The van der Waals surface area contributed by atoms with Gasteiger partial charge in [0, 0.05) is 36.5 Å². The molecule has 0 unspecified atom stereocenters. The Labute approximate surface area is 191 Å². The van der Waals surface area contributed by atoms with Gasteiger partial charge in [0.25, 0.3) is 5.91 Å². The van der Waals surface area contributed by atoms with E-state index < -0.39 is 28.5 Å². The highest BCUT2D eigenvalue weighted by atomic mass is 35.5. The number of hydrogen-bond donors (Lipinski definition) is 2. The van der Waals surface area contributed by atoms with Crippen LogP contribution in [0.15, 0.2) is 36.5 Å². The molecule has 1 aromatic heterocycles. The quantitative estimate of drug-likeness (QED) is 0.559. The number of nitrogens with one attached hydrogen (secondary N) is 2. The van der Waals surface area contributed by atoms with Crippen molar-refractivity contribution in [2.24, 2.45) is 5.41 Å². The summed E-state index contributed by atoms with van der Waals surface area (Å²) in [4.78, 5) is 28.4. The minimum atomic E-state index is -4.44. The largest absolute Gasteiger partial charge is 0.484 e. The molecule has 6 nitrogen and oxygen atoms in total. The van der Waals surface area contributed by atoms with Crippen molar-refractivity contribution in [3.05, 3.63) is 58.6 Å². The van der Waals surface area contributed by atoms with Crippen molar-refractivity contribution < 1.29 is 31.9 Å². The maximum Gasteiger partial charge on any atom is 0.417 e. The zero-order valence-corrected chi connectivity index (χ0v) is 18.0. The van der Waals surface area contributed by atoms with Gasteiger partial charge in [0.05, 0.1) is 16.0 Å². The minimum absolute atomic E-state index is 0.0418. The van der Waals surface area contributed by atoms with Crippen molar-refractivity contribution in [1.29, 1.82) is 0 Å². The highest BCUT2D eigenvalue weighted by Crippen LogP contribution is 2.67. The molecule has 0 aliphatic heterocycles. The lowest BCUT2D eigenvalue weighted by atomic mass is 9.39. The number of carbonyl (C=O) groups is 2. The van der Waals surface area contributed by atoms with Crippen LogP contribution in [0, 0.1) is 11.2 Å². The van der Waals surface area contributed by atoms with Crippen molar-refractivity contribution in [2.75, 3.05) is 13.2 Å². The normalized spacial score (nSPS) is 23.2. The SMILES string of the molecule is O=C(COc1ccc(Cl)c(F)c1)NC12CC(C(=O)NCCc3ccc(C(F)(F)F)cn3)(C1)C2. The molecule has 0 spiro atoms. The second kappa shape index (κ2) is 8.48. The standard InChI is InChI=1S/C22H20ClF4N3O3/c23-16-4-3-15(7-17(16)24)33-9-18(31)30-21-10-20(11-21,12-21)19(32)28-6-5-14-2-1-13(8-29-14)22(25,26)27/h1-4,7-8H,5-6,9-12H2,(H,28,32)(H,30,31). The van der Waals surface area contributed by atoms with E-state index in [4.69, 9.17) is 16.3 Å². The second-order valence-corrected chi connectivity index (χ2v) is 8.95. The maximum atomic E-state index is 13.4. The summed E-state index contributed by atoms with van der Waals surface area (Å²) in [6, 6.07) is 6.14. The lowest BCUT2D eigenvalue weighted by Gasteiger charge is -2.69. The highest BCUT2D eigenvalue weighted by molar-refractivity contribution is 6.30. The number of pyridine rings is 1. The molecule has 3 saturated carbocycles. The van der Waals surface area contributed by atoms with Crippen LogP contribution in [0.2, 0.25) is 5.02 Å². The molecule has 2 aromatic rings. The van der Waals surface area contributed by atoms with E-state index in [2.05, 4.69) is 15.6 Å². The van der Waals surface area contributed by atoms with Crippen LogP contribution in [0.25, 0.3) is 0 Å². The average molecular weight is 486 g/mol. The second-order valence-electron chi connectivity index (χ2n) is 8.55. The molecule has 11 heteroatoms. The number of benzene rings is 1. The van der Waals surface area contributed by atoms with Gasteiger partial charge in [-0.2, -0.15) is 13.2 Å². The lowest BCUT2D eigenvalue weighted by molar-refractivity contribution is -0.183. The molecular weight excluding hydrogens is 466 g/mol. The van der Waals surface area contributed by atoms with Crippen molar-refractivity contribution in [3.8, 4) is 5.75 Å². The fourth-order valence-electron chi connectivity index (χ4n) is 4.44. The summed E-state index contributed by atoms with van der Waals surface area (Å²) >= 11 is 5.60. The van der Waals surface area contributed by atoms with Crippen LogP contribution in [0.4, 0.5) is 17.6 Å². The maximum absolute atomic E-state index is 13.4. The average Bonchev–Trinajstić information content (AvgIpc) is 2.70. The first-order valence-corrected chi connectivity index (χ1v) is 10.6. The Balaban J connectivity index is 1.17. The molecule has 0 saturated heterocycles. The Morgan fingerprint density at radius 3 is 2.48 bits per heavy atom. The number of ether oxygens (including phenoxy) is 1. The van der Waals surface area contributed by atoms with Crippen LogP contribution in [-0.2, 0) is 22.2 Å². The van der Waals surface area contributed by atoms with E-state index in [-0.39, 0.29) is 35.7 Å². The zero-order chi connectivity index (χ0) is 23.9. The summed E-state index contributed by atoms with van der Waals surface area (Å²) in [5, 5.41) is 5.63. The molecule has 33 heavy (non-hydrogen) atoms. The summed E-state index contributed by atoms with van der Waals surface area (Å²) in [7, 11) is 0. The molecular formula is C22H20ClF4N3O3. The van der Waals surface area contributed by atoms with Crippen LogP contribution in [0.3, 0.4) is 0 Å². The molecule has 176 valence electrons. The lowest BCUT2D eigenvalue weighted by Crippen LogP contribution is -2.78. The first-order valence-electron chi connectivity index (χ1n) is 10.2. The fraction of sp³-hybridized carbons (Fsp3) is 0.409. The monoisotopic (exact) mass is 485 g/mol. The molecule has 2 N–H and O–H groups in total. The number of halogens is 5. The van der Waals surface area contributed by atoms with Gasteiger partial charge in [-0.25, -0.2) is 4.39 Å². The number of nitrogens with zero attached hydrogens (tertiary/aromatic N) is 1. The van der Waals surface area contributed by atoms with Crippen LogP contribution in [0.1, 0.15) is 30.5 Å². The third-order valence-electron chi connectivity index (χ3n) is 6.00. The molecule has 5 rings (SSSR count). The predicted molar refractivity (Wildman–Crippen MR) is 110 cm³/mol. The molecule has 2 amide bonds. The van der Waals surface area contributed by atoms with Crippen molar-refractivity contribution in [3.63, 3.8) is 0 Å². The summed E-state index contributed by atoms with van der Waals surface area (Å²) < 4.78 is 56.4. The predicted octanol–water partition coefficient (Wildman–Crippen LogP) is 3.67. The Bertz CT molecular complexity index is 1060. The van der Waals surface area contributed by atoms with E-state index in [1.54, 1.807) is 0 Å². The molecule has 3 aliphatic rings. The van der Waals surface area contributed by atoms with E-state index >= 15 is 0 Å². The Hall–Kier alpha value is -2.88. The molecule has 3 aliphatic carbocycles. The van der Waals surface area contributed by atoms with E-state index in [0.717, 1.165) is 18.3 Å². The van der Waals surface area contributed by atoms with Gasteiger partial charge in [0.2, 0.25) is 5.91 Å². The van der Waals surface area contributed by atoms with Gasteiger partial charge in [0.1, 0.15) is 11.6 Å². The molecule has 2 bridgehead atoms. The van der Waals surface area contributed by atoms with Crippen LogP contribution >= 0.6 is 11.6 Å². The van der Waals surface area contributed by atoms with Crippen LogP contribution in [0.5, 0.6) is 5.75 Å².